The summed E-state index contributed by atoms with van der Waals surface area (Å²) in [7, 11) is -4.11. The average Bonchev–Trinajstić information content (AvgIpc) is 4.01. The predicted molar refractivity (Wildman–Crippen MR) is 201 cm³/mol. The zero-order valence-electron chi connectivity index (χ0n) is 32.8. The third-order valence-corrected chi connectivity index (χ3v) is 14.1. The fraction of sp³-hybridized carbons (Fsp3) is 0.615. The summed E-state index contributed by atoms with van der Waals surface area (Å²) in [5.74, 6) is -5.58. The molecule has 4 N–H and O–H groups in total. The van der Waals surface area contributed by atoms with Gasteiger partial charge in [-0.2, -0.15) is 13.2 Å². The smallest absolute Gasteiger partial charge is 0.427 e. The van der Waals surface area contributed by atoms with Crippen LogP contribution >= 0.6 is 0 Å². The Morgan fingerprint density at radius 3 is 2.52 bits per heavy atom. The number of halogens is 4. The molecule has 1 saturated heterocycles. The van der Waals surface area contributed by atoms with Gasteiger partial charge in [0, 0.05) is 23.9 Å². The molecule has 0 unspecified atom stereocenters. The van der Waals surface area contributed by atoms with Gasteiger partial charge < -0.3 is 30.1 Å². The SMILES string of the molecule is CC[C@@H]1C[C@H](C)CC/C=C\[C@@H]2C[C@@]2(C(=O)NS(=O)(=O)C2(C)CC2)NC(=O)[C@@H]2C[C@@H](Oc3nccc4cc(O)c(F)cc34)CN2C(=O)[C@H]1NC(=O)OC(C)(C)C(F)(F)F. The van der Waals surface area contributed by atoms with E-state index < -0.39 is 97.5 Å². The lowest BCUT2D eigenvalue weighted by Gasteiger charge is -2.35. The number of allylic oxidation sites excluding steroid dienone is 1. The number of alkyl carbamates (subject to hydrolysis) is 1. The van der Waals surface area contributed by atoms with Crippen LogP contribution in [0, 0.1) is 23.6 Å². The van der Waals surface area contributed by atoms with Crippen LogP contribution in [0.5, 0.6) is 11.6 Å². The summed E-state index contributed by atoms with van der Waals surface area (Å²) in [6.07, 6.45) is -0.243. The van der Waals surface area contributed by atoms with E-state index in [0.29, 0.717) is 57.8 Å². The van der Waals surface area contributed by atoms with Crippen LogP contribution in [-0.2, 0) is 29.1 Å². The van der Waals surface area contributed by atoms with Gasteiger partial charge in [0.05, 0.1) is 11.3 Å². The van der Waals surface area contributed by atoms with Gasteiger partial charge in [-0.15, -0.1) is 0 Å². The van der Waals surface area contributed by atoms with Gasteiger partial charge >= 0.3 is 12.3 Å². The number of nitrogens with zero attached hydrogens (tertiary/aromatic N) is 2. The lowest BCUT2D eigenvalue weighted by molar-refractivity contribution is -0.244. The van der Waals surface area contributed by atoms with Crippen molar-refractivity contribution in [1.82, 2.24) is 25.2 Å². The van der Waals surface area contributed by atoms with Crippen LogP contribution in [0.3, 0.4) is 0 Å². The number of rotatable bonds is 8. The summed E-state index contributed by atoms with van der Waals surface area (Å²) in [6, 6.07) is 0.798. The van der Waals surface area contributed by atoms with Gasteiger partial charge in [0.15, 0.2) is 11.6 Å². The summed E-state index contributed by atoms with van der Waals surface area (Å²) in [5.41, 5.74) is -4.61. The van der Waals surface area contributed by atoms with Crippen molar-refractivity contribution in [3.63, 3.8) is 0 Å². The quantitative estimate of drug-likeness (QED) is 0.204. The van der Waals surface area contributed by atoms with Crippen molar-refractivity contribution >= 4 is 44.6 Å². The maximum atomic E-state index is 14.8. The van der Waals surface area contributed by atoms with Gasteiger partial charge in [-0.3, -0.25) is 19.1 Å². The molecule has 3 fully saturated rings. The Balaban J connectivity index is 1.37. The topological polar surface area (TPSA) is 193 Å². The molecule has 0 radical (unpaired) electrons. The first-order chi connectivity index (χ1) is 27.0. The van der Waals surface area contributed by atoms with E-state index in [1.54, 1.807) is 13.0 Å². The number of fused-ring (bicyclic) bond motifs is 3. The Kier molecular flexibility index (Phi) is 11.5. The van der Waals surface area contributed by atoms with Crippen LogP contribution in [0.4, 0.5) is 22.4 Å². The zero-order valence-corrected chi connectivity index (χ0v) is 33.6. The minimum absolute atomic E-state index is 0.0602. The Bertz CT molecular complexity index is 2110. The number of sulfonamides is 1. The van der Waals surface area contributed by atoms with E-state index in [4.69, 9.17) is 9.47 Å². The molecular weight excluding hydrogens is 791 g/mol. The maximum absolute atomic E-state index is 14.8. The molecule has 6 rings (SSSR count). The molecule has 318 valence electrons. The number of aromatic nitrogens is 1. The number of nitrogens with one attached hydrogen (secondary N) is 3. The number of hydrogen-bond acceptors (Lipinski definition) is 10. The molecule has 2 aromatic rings. The number of pyridine rings is 1. The molecule has 7 atom stereocenters. The first-order valence-electron chi connectivity index (χ1n) is 19.4. The average molecular weight is 840 g/mol. The fourth-order valence-electron chi connectivity index (χ4n) is 7.67. The van der Waals surface area contributed by atoms with Gasteiger partial charge in [0.2, 0.25) is 33.3 Å². The third kappa shape index (κ3) is 8.54. The van der Waals surface area contributed by atoms with Crippen LogP contribution in [-0.4, -0.2) is 94.0 Å². The number of alkyl halides is 3. The minimum atomic E-state index is -4.94. The molecular formula is C39H49F4N5O9S. The highest BCUT2D eigenvalue weighted by Crippen LogP contribution is 2.48. The minimum Gasteiger partial charge on any atom is -0.505 e. The summed E-state index contributed by atoms with van der Waals surface area (Å²) >= 11 is 0. The van der Waals surface area contributed by atoms with Crippen molar-refractivity contribution in [2.75, 3.05) is 6.54 Å². The van der Waals surface area contributed by atoms with Gasteiger partial charge in [-0.25, -0.2) is 22.6 Å². The van der Waals surface area contributed by atoms with Crippen molar-refractivity contribution in [1.29, 1.82) is 0 Å². The van der Waals surface area contributed by atoms with E-state index in [9.17, 15) is 50.3 Å². The molecule has 14 nitrogen and oxygen atoms in total. The van der Waals surface area contributed by atoms with Gasteiger partial charge in [0.25, 0.3) is 5.91 Å². The molecule has 2 saturated carbocycles. The second-order valence-electron chi connectivity index (χ2n) is 16.8. The number of ether oxygens (including phenoxy) is 2. The van der Waals surface area contributed by atoms with Crippen molar-refractivity contribution in [3.8, 4) is 11.6 Å². The molecule has 2 aliphatic carbocycles. The zero-order chi connectivity index (χ0) is 42.6. The van der Waals surface area contributed by atoms with Gasteiger partial charge in [-0.05, 0) is 94.7 Å². The summed E-state index contributed by atoms with van der Waals surface area (Å²) < 4.78 is 94.2. The van der Waals surface area contributed by atoms with Gasteiger partial charge in [0.1, 0.15) is 23.7 Å². The molecule has 2 aliphatic heterocycles. The van der Waals surface area contributed by atoms with Crippen LogP contribution in [0.25, 0.3) is 10.8 Å². The van der Waals surface area contributed by atoms with Crippen molar-refractivity contribution in [2.24, 2.45) is 17.8 Å². The molecule has 58 heavy (non-hydrogen) atoms. The monoisotopic (exact) mass is 839 g/mol. The highest BCUT2D eigenvalue weighted by atomic mass is 32.2. The van der Waals surface area contributed by atoms with Gasteiger partial charge in [-0.1, -0.05) is 32.4 Å². The highest BCUT2D eigenvalue weighted by molar-refractivity contribution is 7.91. The molecule has 19 heteroatoms. The molecule has 4 aliphatic rings. The predicted octanol–water partition coefficient (Wildman–Crippen LogP) is 5.14. The standard InChI is InChI=1S/C39H49F4N5O9S/c1-6-22-15-21(2)9-7-8-10-24-19-38(24,34(52)47-58(54,55)37(5)12-13-37)46-31(50)28-17-25(56-32-26-18-27(40)29(49)16-23(26)11-14-44-32)20-48(28)33(51)30(22)45-35(53)57-36(3,4)39(41,42)43/h8,10-11,14,16,18,21-22,24-25,28,30,49H,6-7,9,12-13,15,17,19-20H2,1-5H3,(H,45,53)(H,46,50)(H,47,52)/b10-8-/t21-,22-,24-,25-,28+,30+,38-/m1/s1. The van der Waals surface area contributed by atoms with Crippen LogP contribution in [0.2, 0.25) is 0 Å². The van der Waals surface area contributed by atoms with E-state index in [-0.39, 0.29) is 36.6 Å². The first-order valence-corrected chi connectivity index (χ1v) is 20.8. The summed E-state index contributed by atoms with van der Waals surface area (Å²) in [4.78, 5) is 61.7. The Morgan fingerprint density at radius 1 is 1.16 bits per heavy atom. The number of benzene rings is 1. The second-order valence-corrected chi connectivity index (χ2v) is 19.0. The number of hydrogen-bond donors (Lipinski definition) is 4. The number of aromatic hydroxyl groups is 1. The number of carbonyl (C=O) groups excluding carboxylic acids is 4. The molecule has 0 spiro atoms. The maximum Gasteiger partial charge on any atom is 0.427 e. The number of carbonyl (C=O) groups is 4. The number of amides is 4. The van der Waals surface area contributed by atoms with E-state index in [0.717, 1.165) is 11.0 Å². The van der Waals surface area contributed by atoms with E-state index >= 15 is 0 Å². The van der Waals surface area contributed by atoms with Crippen LogP contribution < -0.4 is 20.1 Å². The van der Waals surface area contributed by atoms with E-state index in [1.807, 2.05) is 13.0 Å². The van der Waals surface area contributed by atoms with Crippen molar-refractivity contribution < 1.29 is 59.7 Å². The molecule has 0 bridgehead atoms. The number of phenols is 1. The van der Waals surface area contributed by atoms with Crippen LogP contribution in [0.15, 0.2) is 36.5 Å². The molecule has 3 heterocycles. The second kappa shape index (κ2) is 15.5. The normalized spacial score (nSPS) is 29.5. The van der Waals surface area contributed by atoms with E-state index in [1.165, 1.54) is 25.3 Å². The van der Waals surface area contributed by atoms with E-state index in [2.05, 4.69) is 20.3 Å². The lowest BCUT2D eigenvalue weighted by Crippen LogP contribution is -2.60. The van der Waals surface area contributed by atoms with Crippen LogP contribution in [0.1, 0.15) is 86.0 Å². The Labute approximate surface area is 333 Å². The Morgan fingerprint density at radius 2 is 1.86 bits per heavy atom. The number of phenolic OH excluding ortho intramolecular Hbond substituents is 1. The summed E-state index contributed by atoms with van der Waals surface area (Å²) in [5, 5.41) is 15.6. The lowest BCUT2D eigenvalue weighted by atomic mass is 9.85. The molecule has 4 amide bonds. The molecule has 1 aromatic carbocycles. The highest BCUT2D eigenvalue weighted by Gasteiger charge is 2.63. The van der Waals surface area contributed by atoms with Crippen molar-refractivity contribution in [2.45, 2.75) is 126 Å². The summed E-state index contributed by atoms with van der Waals surface area (Å²) in [6.45, 7) is 6.21. The van der Waals surface area contributed by atoms with Crippen molar-refractivity contribution in [3.05, 3.63) is 42.4 Å². The third-order valence-electron chi connectivity index (χ3n) is 12.0. The largest absolute Gasteiger partial charge is 0.505 e. The Hall–Kier alpha value is -4.68. The first kappa shape index (κ1) is 42.9. The molecule has 1 aromatic heterocycles. The fourth-order valence-corrected chi connectivity index (χ4v) is 8.98.